The second-order valence-corrected chi connectivity index (χ2v) is 10.1. The van der Waals surface area contributed by atoms with Crippen LogP contribution in [0.1, 0.15) is 60.5 Å². The van der Waals surface area contributed by atoms with Crippen LogP contribution in [0.25, 0.3) is 0 Å². The van der Waals surface area contributed by atoms with Crippen molar-refractivity contribution in [2.75, 3.05) is 4.90 Å². The predicted molar refractivity (Wildman–Crippen MR) is 127 cm³/mol. The third-order valence-electron chi connectivity index (χ3n) is 7.23. The lowest BCUT2D eigenvalue weighted by Crippen LogP contribution is -2.59. The highest BCUT2D eigenvalue weighted by Crippen LogP contribution is 2.55. The van der Waals surface area contributed by atoms with Crippen molar-refractivity contribution in [3.05, 3.63) is 58.6 Å². The molecule has 3 aliphatic rings. The molecule has 0 bridgehead atoms. The maximum absolute atomic E-state index is 13.7. The van der Waals surface area contributed by atoms with E-state index >= 15 is 0 Å². The monoisotopic (exact) mass is 536 g/mol. The Morgan fingerprint density at radius 3 is 2.30 bits per heavy atom. The normalized spacial score (nSPS) is 22.4. The molecule has 2 saturated carbocycles. The number of rotatable bonds is 7. The first kappa shape index (κ1) is 25.4. The van der Waals surface area contributed by atoms with E-state index in [-0.39, 0.29) is 54.3 Å². The number of aliphatic carboxylic acids is 1. The quantitative estimate of drug-likeness (QED) is 0.499. The second kappa shape index (κ2) is 9.55. The van der Waals surface area contributed by atoms with Gasteiger partial charge in [-0.25, -0.2) is 0 Å². The summed E-state index contributed by atoms with van der Waals surface area (Å²) in [6.07, 6.45) is -2.05. The summed E-state index contributed by atoms with van der Waals surface area (Å²) in [5.74, 6) is -2.12. The zero-order valence-electron chi connectivity index (χ0n) is 19.6. The van der Waals surface area contributed by atoms with E-state index in [1.807, 2.05) is 4.90 Å². The molecular weight excluding hydrogens is 513 g/mol. The molecule has 196 valence electrons. The largest absolute Gasteiger partial charge is 0.573 e. The number of halogens is 4. The van der Waals surface area contributed by atoms with Crippen molar-refractivity contribution in [3.63, 3.8) is 0 Å². The zero-order valence-corrected chi connectivity index (χ0v) is 20.3. The van der Waals surface area contributed by atoms with Crippen molar-refractivity contribution in [1.29, 1.82) is 0 Å². The number of nitrogens with zero attached hydrogens (tertiary/aromatic N) is 2. The van der Waals surface area contributed by atoms with Crippen LogP contribution in [0.4, 0.5) is 18.9 Å². The van der Waals surface area contributed by atoms with Gasteiger partial charge in [-0.1, -0.05) is 17.7 Å². The highest BCUT2D eigenvalue weighted by atomic mass is 35.5. The third-order valence-corrected chi connectivity index (χ3v) is 7.47. The van der Waals surface area contributed by atoms with Crippen molar-refractivity contribution >= 4 is 35.1 Å². The van der Waals surface area contributed by atoms with E-state index in [4.69, 9.17) is 16.7 Å². The summed E-state index contributed by atoms with van der Waals surface area (Å²) in [5.41, 5.74) is 1.50. The van der Waals surface area contributed by atoms with Crippen molar-refractivity contribution < 1.29 is 37.4 Å². The van der Waals surface area contributed by atoms with E-state index in [0.717, 1.165) is 37.0 Å². The minimum absolute atomic E-state index is 0.0273. The fraction of sp³-hybridized carbons (Fsp3) is 0.423. The van der Waals surface area contributed by atoms with Gasteiger partial charge in [0.25, 0.3) is 5.91 Å². The van der Waals surface area contributed by atoms with Gasteiger partial charge in [-0.05, 0) is 67.6 Å². The lowest BCUT2D eigenvalue weighted by Gasteiger charge is -2.55. The highest BCUT2D eigenvalue weighted by Gasteiger charge is 2.53. The summed E-state index contributed by atoms with van der Waals surface area (Å²) in [6.45, 7) is 0. The minimum Gasteiger partial charge on any atom is -0.481 e. The molecule has 1 N–H and O–H groups in total. The van der Waals surface area contributed by atoms with E-state index in [9.17, 15) is 27.6 Å². The van der Waals surface area contributed by atoms with Gasteiger partial charge in [0, 0.05) is 35.0 Å². The topological polar surface area (TPSA) is 87.2 Å². The van der Waals surface area contributed by atoms with Crippen LogP contribution in [0.5, 0.6) is 5.75 Å². The molecule has 2 aromatic rings. The number of anilines is 1. The Morgan fingerprint density at radius 2 is 1.73 bits per heavy atom. The van der Waals surface area contributed by atoms with Gasteiger partial charge in [0.15, 0.2) is 0 Å². The van der Waals surface area contributed by atoms with Crippen LogP contribution < -0.4 is 9.64 Å². The van der Waals surface area contributed by atoms with Crippen molar-refractivity contribution in [1.82, 2.24) is 4.90 Å². The Kier molecular flexibility index (Phi) is 6.55. The van der Waals surface area contributed by atoms with Gasteiger partial charge in [-0.15, -0.1) is 13.2 Å². The first-order valence-corrected chi connectivity index (χ1v) is 12.4. The molecule has 7 nitrogen and oxygen atoms in total. The minimum atomic E-state index is -4.84. The Bertz CT molecular complexity index is 1230. The lowest BCUT2D eigenvalue weighted by molar-refractivity contribution is -0.274. The Balaban J connectivity index is 1.49. The summed E-state index contributed by atoms with van der Waals surface area (Å²) < 4.78 is 41.5. The van der Waals surface area contributed by atoms with Crippen LogP contribution in [0.3, 0.4) is 0 Å². The average Bonchev–Trinajstić information content (AvgIpc) is 3.63. The number of hydrogen-bond donors (Lipinski definition) is 1. The average molecular weight is 537 g/mol. The Morgan fingerprint density at radius 1 is 1.03 bits per heavy atom. The molecule has 3 atom stereocenters. The molecular formula is C26H24ClF3N2O5. The maximum atomic E-state index is 13.7. The van der Waals surface area contributed by atoms with Gasteiger partial charge in [-0.3, -0.25) is 14.4 Å². The van der Waals surface area contributed by atoms with Crippen LogP contribution in [0, 0.1) is 5.92 Å². The number of carbonyl (C=O) groups is 3. The smallest absolute Gasteiger partial charge is 0.481 e. The molecule has 0 saturated heterocycles. The number of ether oxygens (including phenoxy) is 1. The van der Waals surface area contributed by atoms with E-state index in [1.165, 1.54) is 12.1 Å². The van der Waals surface area contributed by atoms with E-state index in [2.05, 4.69) is 4.74 Å². The van der Waals surface area contributed by atoms with Crippen LogP contribution in [0.2, 0.25) is 5.02 Å². The van der Waals surface area contributed by atoms with Gasteiger partial charge < -0.3 is 19.6 Å². The summed E-state index contributed by atoms with van der Waals surface area (Å²) >= 11 is 6.32. The Labute approximate surface area is 215 Å². The van der Waals surface area contributed by atoms with Gasteiger partial charge in [-0.2, -0.15) is 0 Å². The molecule has 0 radical (unpaired) electrons. The summed E-state index contributed by atoms with van der Waals surface area (Å²) in [4.78, 5) is 41.4. The number of benzene rings is 2. The predicted octanol–water partition coefficient (Wildman–Crippen LogP) is 5.57. The maximum Gasteiger partial charge on any atom is 0.573 e. The number of hydrogen-bond acceptors (Lipinski definition) is 4. The van der Waals surface area contributed by atoms with Crippen molar-refractivity contribution in [3.8, 4) is 5.75 Å². The SMILES string of the molecule is O=C(O)CCC(=O)N(C1CC1)[C@H]1c2ccc(Cl)cc2N(C(=O)c2ccc(OC(F)(F)F)cc2)[C@H]2CC[C@H]21. The molecule has 1 aliphatic heterocycles. The number of alkyl halides is 3. The number of carboxylic acid groups (broad SMARTS) is 1. The molecule has 2 fully saturated rings. The Hall–Kier alpha value is -3.27. The van der Waals surface area contributed by atoms with Crippen LogP contribution in [-0.4, -0.2) is 46.2 Å². The number of carboxylic acids is 1. The molecule has 5 rings (SSSR count). The van der Waals surface area contributed by atoms with Crippen molar-refractivity contribution in [2.45, 2.75) is 63.0 Å². The summed E-state index contributed by atoms with van der Waals surface area (Å²) in [6, 6.07) is 9.43. The molecule has 0 spiro atoms. The summed E-state index contributed by atoms with van der Waals surface area (Å²) in [5, 5.41) is 9.49. The standard InChI is InChI=1S/C26H24ClF3N2O5/c27-15-3-8-19-21(13-15)32(25(36)14-1-6-17(7-2-14)37-26(28,29)30)20-10-9-18(20)24(19)31(16-4-5-16)22(33)11-12-23(34)35/h1-3,6-8,13,16,18,20,24H,4-5,9-12H2,(H,34,35)/t18-,20+,24-/m1/s1. The van der Waals surface area contributed by atoms with E-state index < -0.39 is 18.1 Å². The first-order chi connectivity index (χ1) is 17.5. The second-order valence-electron chi connectivity index (χ2n) is 9.63. The molecule has 11 heteroatoms. The number of amides is 2. The van der Waals surface area contributed by atoms with Crippen LogP contribution >= 0.6 is 11.6 Å². The number of carbonyl (C=O) groups excluding carboxylic acids is 2. The third kappa shape index (κ3) is 5.12. The van der Waals surface area contributed by atoms with Crippen LogP contribution in [-0.2, 0) is 9.59 Å². The van der Waals surface area contributed by atoms with E-state index in [0.29, 0.717) is 17.1 Å². The van der Waals surface area contributed by atoms with Gasteiger partial charge in [0.05, 0.1) is 18.2 Å². The zero-order chi connectivity index (χ0) is 26.5. The van der Waals surface area contributed by atoms with Gasteiger partial charge >= 0.3 is 12.3 Å². The lowest BCUT2D eigenvalue weighted by atomic mass is 9.67. The van der Waals surface area contributed by atoms with Crippen LogP contribution in [0.15, 0.2) is 42.5 Å². The molecule has 37 heavy (non-hydrogen) atoms. The first-order valence-electron chi connectivity index (χ1n) is 12.1. The highest BCUT2D eigenvalue weighted by molar-refractivity contribution is 6.31. The summed E-state index contributed by atoms with van der Waals surface area (Å²) in [7, 11) is 0. The molecule has 2 aromatic carbocycles. The molecule has 0 aromatic heterocycles. The molecule has 0 unspecified atom stereocenters. The fourth-order valence-electron chi connectivity index (χ4n) is 5.42. The van der Waals surface area contributed by atoms with E-state index in [1.54, 1.807) is 23.1 Å². The molecule has 2 aliphatic carbocycles. The van der Waals surface area contributed by atoms with Crippen molar-refractivity contribution in [2.24, 2.45) is 5.92 Å². The number of fused-ring (bicyclic) bond motifs is 2. The molecule has 1 heterocycles. The molecule has 2 amide bonds. The van der Waals surface area contributed by atoms with Gasteiger partial charge in [0.1, 0.15) is 5.75 Å². The van der Waals surface area contributed by atoms with Gasteiger partial charge in [0.2, 0.25) is 5.91 Å². The fourth-order valence-corrected chi connectivity index (χ4v) is 5.58.